The van der Waals surface area contributed by atoms with Gasteiger partial charge in [0.25, 0.3) is 5.91 Å². The Kier molecular flexibility index (Phi) is 5.80. The molecular weight excluding hydrogens is 278 g/mol. The summed E-state index contributed by atoms with van der Waals surface area (Å²) in [4.78, 5) is 18.7. The lowest BCUT2D eigenvalue weighted by Crippen LogP contribution is -2.46. The lowest BCUT2D eigenvalue weighted by Gasteiger charge is -2.35. The number of hydrogen-bond acceptors (Lipinski definition) is 4. The molecule has 5 nitrogen and oxygen atoms in total. The molecule has 0 spiro atoms. The van der Waals surface area contributed by atoms with Crippen LogP contribution in [0.25, 0.3) is 0 Å². The number of piperazine rings is 1. The highest BCUT2D eigenvalue weighted by Crippen LogP contribution is 2.18. The fourth-order valence-electron chi connectivity index (χ4n) is 2.66. The number of anilines is 1. The summed E-state index contributed by atoms with van der Waals surface area (Å²) in [5, 5.41) is 9.15. The molecule has 2 rings (SSSR count). The number of carbonyl (C=O) groups excluding carboxylic acids is 1. The number of carbonyl (C=O) groups is 1. The molecule has 1 aliphatic heterocycles. The molecule has 5 heteroatoms. The Morgan fingerprint density at radius 3 is 2.32 bits per heavy atom. The third kappa shape index (κ3) is 3.78. The number of rotatable bonds is 5. The molecule has 1 fully saturated rings. The molecule has 0 bridgehead atoms. The van der Waals surface area contributed by atoms with Crippen molar-refractivity contribution in [2.45, 2.75) is 19.9 Å². The number of aliphatic hydroxyl groups is 1. The van der Waals surface area contributed by atoms with Crippen molar-refractivity contribution < 1.29 is 9.90 Å². The Bertz CT molecular complexity index is 481. The van der Waals surface area contributed by atoms with Gasteiger partial charge in [-0.15, -0.1) is 0 Å². The fourth-order valence-corrected chi connectivity index (χ4v) is 2.66. The first-order chi connectivity index (χ1) is 10.6. The van der Waals surface area contributed by atoms with Gasteiger partial charge >= 0.3 is 0 Å². The molecule has 1 aliphatic rings. The van der Waals surface area contributed by atoms with E-state index in [1.54, 1.807) is 11.9 Å². The molecule has 1 atom stereocenters. The summed E-state index contributed by atoms with van der Waals surface area (Å²) in [6, 6.07) is 7.63. The van der Waals surface area contributed by atoms with Crippen LogP contribution in [0.1, 0.15) is 24.2 Å². The topological polar surface area (TPSA) is 47.0 Å². The number of likely N-dealkylation sites (N-methyl/N-ethyl adjacent to an activating group) is 2. The lowest BCUT2D eigenvalue weighted by molar-refractivity contribution is 0.0682. The van der Waals surface area contributed by atoms with E-state index in [0.717, 1.165) is 32.7 Å². The van der Waals surface area contributed by atoms with E-state index < -0.39 is 0 Å². The molecule has 1 amide bonds. The van der Waals surface area contributed by atoms with Crippen LogP contribution in [0.15, 0.2) is 24.3 Å². The third-order valence-electron chi connectivity index (χ3n) is 4.54. The summed E-state index contributed by atoms with van der Waals surface area (Å²) in [7, 11) is 1.72. The van der Waals surface area contributed by atoms with Gasteiger partial charge in [0, 0.05) is 44.5 Å². The summed E-state index contributed by atoms with van der Waals surface area (Å²) >= 11 is 0. The van der Waals surface area contributed by atoms with Crippen LogP contribution in [0.3, 0.4) is 0 Å². The largest absolute Gasteiger partial charge is 0.394 e. The van der Waals surface area contributed by atoms with Crippen LogP contribution in [-0.2, 0) is 0 Å². The van der Waals surface area contributed by atoms with E-state index in [1.165, 1.54) is 5.69 Å². The normalized spacial score (nSPS) is 17.4. The number of benzene rings is 1. The molecule has 1 N–H and O–H groups in total. The molecule has 1 unspecified atom stereocenters. The molecule has 1 saturated heterocycles. The van der Waals surface area contributed by atoms with Crippen LogP contribution in [0, 0.1) is 0 Å². The van der Waals surface area contributed by atoms with Crippen LogP contribution in [0.5, 0.6) is 0 Å². The lowest BCUT2D eigenvalue weighted by atomic mass is 10.1. The maximum atomic E-state index is 12.3. The van der Waals surface area contributed by atoms with Gasteiger partial charge in [0.05, 0.1) is 12.6 Å². The Hall–Kier alpha value is -1.59. The summed E-state index contributed by atoms with van der Waals surface area (Å²) in [6.45, 7) is 9.35. The molecule has 1 aromatic carbocycles. The first-order valence-electron chi connectivity index (χ1n) is 8.02. The van der Waals surface area contributed by atoms with E-state index >= 15 is 0 Å². The third-order valence-corrected chi connectivity index (χ3v) is 4.54. The van der Waals surface area contributed by atoms with E-state index in [0.29, 0.717) is 5.56 Å². The van der Waals surface area contributed by atoms with Gasteiger partial charge < -0.3 is 19.8 Å². The zero-order valence-corrected chi connectivity index (χ0v) is 13.8. The van der Waals surface area contributed by atoms with Gasteiger partial charge in [-0.25, -0.2) is 0 Å². The SMILES string of the molecule is CCN1CCN(c2ccc(C(=O)N(C)C(C)CO)cc2)CC1. The number of amides is 1. The predicted molar refractivity (Wildman–Crippen MR) is 89.4 cm³/mol. The van der Waals surface area contributed by atoms with Gasteiger partial charge in [0.1, 0.15) is 0 Å². The molecule has 122 valence electrons. The summed E-state index contributed by atoms with van der Waals surface area (Å²) in [5.41, 5.74) is 1.84. The Labute approximate surface area is 133 Å². The van der Waals surface area contributed by atoms with Crippen molar-refractivity contribution in [1.82, 2.24) is 9.80 Å². The quantitative estimate of drug-likeness (QED) is 0.890. The first-order valence-corrected chi connectivity index (χ1v) is 8.02. The summed E-state index contributed by atoms with van der Waals surface area (Å²) < 4.78 is 0. The molecule has 1 aromatic rings. The smallest absolute Gasteiger partial charge is 0.253 e. The zero-order valence-electron chi connectivity index (χ0n) is 13.8. The summed E-state index contributed by atoms with van der Waals surface area (Å²) in [6.07, 6.45) is 0. The van der Waals surface area contributed by atoms with Crippen LogP contribution >= 0.6 is 0 Å². The monoisotopic (exact) mass is 305 g/mol. The summed E-state index contributed by atoms with van der Waals surface area (Å²) in [5.74, 6) is -0.0519. The van der Waals surface area contributed by atoms with Crippen molar-refractivity contribution in [3.05, 3.63) is 29.8 Å². The zero-order chi connectivity index (χ0) is 16.1. The second kappa shape index (κ2) is 7.61. The van der Waals surface area contributed by atoms with Gasteiger partial charge in [-0.2, -0.15) is 0 Å². The van der Waals surface area contributed by atoms with E-state index in [9.17, 15) is 4.79 Å². The molecule has 0 aliphatic carbocycles. The van der Waals surface area contributed by atoms with Crippen LogP contribution in [0.4, 0.5) is 5.69 Å². The average Bonchev–Trinajstić information content (AvgIpc) is 2.60. The van der Waals surface area contributed by atoms with Crippen molar-refractivity contribution in [3.63, 3.8) is 0 Å². The van der Waals surface area contributed by atoms with Gasteiger partial charge in [-0.05, 0) is 37.7 Å². The highest BCUT2D eigenvalue weighted by atomic mass is 16.3. The second-order valence-corrected chi connectivity index (χ2v) is 5.92. The molecule has 0 saturated carbocycles. The highest BCUT2D eigenvalue weighted by molar-refractivity contribution is 5.94. The van der Waals surface area contributed by atoms with Gasteiger partial charge in [-0.3, -0.25) is 4.79 Å². The molecule has 0 radical (unpaired) electrons. The van der Waals surface area contributed by atoms with Gasteiger partial charge in [-0.1, -0.05) is 6.92 Å². The second-order valence-electron chi connectivity index (χ2n) is 5.92. The van der Waals surface area contributed by atoms with Crippen LogP contribution in [0.2, 0.25) is 0 Å². The molecule has 0 aromatic heterocycles. The van der Waals surface area contributed by atoms with Crippen molar-refractivity contribution in [2.24, 2.45) is 0 Å². The minimum atomic E-state index is -0.172. The number of hydrogen-bond donors (Lipinski definition) is 1. The van der Waals surface area contributed by atoms with E-state index in [1.807, 2.05) is 31.2 Å². The number of nitrogens with zero attached hydrogens (tertiary/aromatic N) is 3. The minimum absolute atomic E-state index is 0.0258. The van der Waals surface area contributed by atoms with E-state index in [4.69, 9.17) is 5.11 Å². The maximum absolute atomic E-state index is 12.3. The fraction of sp³-hybridized carbons (Fsp3) is 0.588. The Morgan fingerprint density at radius 2 is 1.82 bits per heavy atom. The maximum Gasteiger partial charge on any atom is 0.253 e. The van der Waals surface area contributed by atoms with Crippen LogP contribution < -0.4 is 4.90 Å². The van der Waals surface area contributed by atoms with E-state index in [2.05, 4.69) is 16.7 Å². The molecular formula is C17H27N3O2. The van der Waals surface area contributed by atoms with Crippen LogP contribution in [-0.4, -0.2) is 73.2 Å². The first kappa shape index (κ1) is 16.8. The predicted octanol–water partition coefficient (Wildman–Crippen LogP) is 1.28. The highest BCUT2D eigenvalue weighted by Gasteiger charge is 2.18. The molecule has 1 heterocycles. The number of aliphatic hydroxyl groups excluding tert-OH is 1. The van der Waals surface area contributed by atoms with Crippen molar-refractivity contribution in [3.8, 4) is 0 Å². The van der Waals surface area contributed by atoms with Crippen molar-refractivity contribution >= 4 is 11.6 Å². The standard InChI is InChI=1S/C17H27N3O2/c1-4-19-9-11-20(12-10-19)16-7-5-15(6-8-16)17(22)18(3)14(2)13-21/h5-8,14,21H,4,9-13H2,1-3H3. The van der Waals surface area contributed by atoms with Crippen molar-refractivity contribution in [1.29, 1.82) is 0 Å². The molecule has 22 heavy (non-hydrogen) atoms. The Balaban J connectivity index is 2.00. The van der Waals surface area contributed by atoms with Crippen molar-refractivity contribution in [2.75, 3.05) is 51.3 Å². The Morgan fingerprint density at radius 1 is 1.23 bits per heavy atom. The average molecular weight is 305 g/mol. The minimum Gasteiger partial charge on any atom is -0.394 e. The van der Waals surface area contributed by atoms with Gasteiger partial charge in [0.2, 0.25) is 0 Å². The van der Waals surface area contributed by atoms with E-state index in [-0.39, 0.29) is 18.6 Å². The van der Waals surface area contributed by atoms with Gasteiger partial charge in [0.15, 0.2) is 0 Å².